The monoisotopic (exact) mass is 302 g/mol. The van der Waals surface area contributed by atoms with Crippen molar-refractivity contribution in [2.45, 2.75) is 6.54 Å². The number of imidazole rings is 1. The number of nitrogen functional groups attached to an aromatic ring is 1. The highest BCUT2D eigenvalue weighted by atomic mass is 32.1. The Morgan fingerprint density at radius 2 is 2.33 bits per heavy atom. The number of nitrogens with zero attached hydrogens (tertiary/aromatic N) is 3. The number of carboxylic acid groups (broad SMARTS) is 1. The molecule has 0 radical (unpaired) electrons. The summed E-state index contributed by atoms with van der Waals surface area (Å²) < 4.78 is 1.98. The first kappa shape index (κ1) is 13.4. The lowest BCUT2D eigenvalue weighted by Gasteiger charge is -2.20. The van der Waals surface area contributed by atoms with Crippen LogP contribution in [-0.2, 0) is 6.54 Å². The van der Waals surface area contributed by atoms with E-state index in [1.165, 1.54) is 6.07 Å². The van der Waals surface area contributed by atoms with Gasteiger partial charge < -0.3 is 15.7 Å². The van der Waals surface area contributed by atoms with E-state index in [1.54, 1.807) is 23.5 Å². The third-order valence-corrected chi connectivity index (χ3v) is 4.00. The molecule has 108 valence electrons. The second-order valence-electron chi connectivity index (χ2n) is 4.76. The zero-order valence-electron chi connectivity index (χ0n) is 11.4. The Labute approximate surface area is 125 Å². The number of thiazole rings is 1. The second kappa shape index (κ2) is 5.10. The smallest absolute Gasteiger partial charge is 0.335 e. The van der Waals surface area contributed by atoms with E-state index in [1.807, 2.05) is 34.1 Å². The van der Waals surface area contributed by atoms with E-state index in [9.17, 15) is 4.79 Å². The van der Waals surface area contributed by atoms with Crippen molar-refractivity contribution in [2.24, 2.45) is 0 Å². The minimum absolute atomic E-state index is 0.187. The van der Waals surface area contributed by atoms with E-state index in [2.05, 4.69) is 4.98 Å². The molecule has 3 rings (SSSR count). The Bertz CT molecular complexity index is 780. The van der Waals surface area contributed by atoms with Gasteiger partial charge in [0.15, 0.2) is 4.96 Å². The van der Waals surface area contributed by atoms with Crippen molar-refractivity contribution < 1.29 is 9.90 Å². The van der Waals surface area contributed by atoms with Gasteiger partial charge in [-0.05, 0) is 18.2 Å². The van der Waals surface area contributed by atoms with E-state index in [4.69, 9.17) is 10.8 Å². The van der Waals surface area contributed by atoms with Gasteiger partial charge in [-0.25, -0.2) is 9.78 Å². The van der Waals surface area contributed by atoms with E-state index in [0.717, 1.165) is 16.3 Å². The van der Waals surface area contributed by atoms with Gasteiger partial charge in [-0.2, -0.15) is 0 Å². The van der Waals surface area contributed by atoms with Gasteiger partial charge >= 0.3 is 5.97 Å². The average molecular weight is 302 g/mol. The summed E-state index contributed by atoms with van der Waals surface area (Å²) in [5.41, 5.74) is 8.29. The summed E-state index contributed by atoms with van der Waals surface area (Å²) in [6.07, 6.45) is 3.94. The molecular formula is C14H14N4O2S. The van der Waals surface area contributed by atoms with Crippen molar-refractivity contribution >= 4 is 33.6 Å². The van der Waals surface area contributed by atoms with Crippen molar-refractivity contribution in [2.75, 3.05) is 17.7 Å². The molecule has 0 atom stereocenters. The van der Waals surface area contributed by atoms with Crippen molar-refractivity contribution in [1.29, 1.82) is 0 Å². The van der Waals surface area contributed by atoms with Gasteiger partial charge in [0, 0.05) is 24.8 Å². The first-order chi connectivity index (χ1) is 10.0. The Morgan fingerprint density at radius 3 is 3.00 bits per heavy atom. The molecule has 3 N–H and O–H groups in total. The van der Waals surface area contributed by atoms with Crippen LogP contribution in [0.1, 0.15) is 16.1 Å². The van der Waals surface area contributed by atoms with Gasteiger partial charge in [-0.15, -0.1) is 11.3 Å². The molecule has 0 bridgehead atoms. The molecule has 0 spiro atoms. The van der Waals surface area contributed by atoms with Crippen LogP contribution in [0.15, 0.2) is 36.0 Å². The van der Waals surface area contributed by atoms with Crippen LogP contribution in [0.25, 0.3) is 4.96 Å². The van der Waals surface area contributed by atoms with Crippen molar-refractivity contribution in [1.82, 2.24) is 9.38 Å². The fourth-order valence-electron chi connectivity index (χ4n) is 2.22. The molecule has 7 heteroatoms. The standard InChI is InChI=1S/C14H14N4O2S/c1-17(7-10-8-18-4-5-21-14(18)16-10)12-3-2-9(13(19)20)6-11(12)15/h2-6,8H,7,15H2,1H3,(H,19,20). The Kier molecular flexibility index (Phi) is 3.26. The summed E-state index contributed by atoms with van der Waals surface area (Å²) in [4.78, 5) is 18.3. The van der Waals surface area contributed by atoms with Gasteiger partial charge in [-0.3, -0.25) is 4.40 Å². The summed E-state index contributed by atoms with van der Waals surface area (Å²) in [7, 11) is 1.90. The number of aromatic nitrogens is 2. The lowest BCUT2D eigenvalue weighted by Crippen LogP contribution is -2.18. The van der Waals surface area contributed by atoms with Gasteiger partial charge in [0.05, 0.1) is 29.2 Å². The zero-order valence-corrected chi connectivity index (χ0v) is 12.2. The van der Waals surface area contributed by atoms with Gasteiger partial charge in [0.25, 0.3) is 0 Å². The average Bonchev–Trinajstić information content (AvgIpc) is 2.99. The van der Waals surface area contributed by atoms with Crippen molar-refractivity contribution in [3.63, 3.8) is 0 Å². The Hall–Kier alpha value is -2.54. The van der Waals surface area contributed by atoms with Crippen LogP contribution in [0.3, 0.4) is 0 Å². The predicted octanol–water partition coefficient (Wildman–Crippen LogP) is 2.31. The minimum Gasteiger partial charge on any atom is -0.478 e. The second-order valence-corrected chi connectivity index (χ2v) is 5.63. The molecule has 0 aliphatic rings. The third-order valence-electron chi connectivity index (χ3n) is 3.23. The number of fused-ring (bicyclic) bond motifs is 1. The molecule has 1 aromatic carbocycles. The molecule has 0 aliphatic carbocycles. The van der Waals surface area contributed by atoms with Gasteiger partial charge in [-0.1, -0.05) is 0 Å². The topological polar surface area (TPSA) is 83.9 Å². The molecule has 0 saturated carbocycles. The highest BCUT2D eigenvalue weighted by Crippen LogP contribution is 2.25. The molecule has 3 aromatic rings. The van der Waals surface area contributed by atoms with E-state index >= 15 is 0 Å². The fraction of sp³-hybridized carbons (Fsp3) is 0.143. The number of rotatable bonds is 4. The lowest BCUT2D eigenvalue weighted by molar-refractivity contribution is 0.0697. The normalized spacial score (nSPS) is 10.9. The van der Waals surface area contributed by atoms with E-state index in [0.29, 0.717) is 12.2 Å². The van der Waals surface area contributed by atoms with E-state index < -0.39 is 5.97 Å². The summed E-state index contributed by atoms with van der Waals surface area (Å²) >= 11 is 1.58. The number of anilines is 2. The highest BCUT2D eigenvalue weighted by molar-refractivity contribution is 7.15. The molecular weight excluding hydrogens is 288 g/mol. The maximum Gasteiger partial charge on any atom is 0.335 e. The first-order valence-electron chi connectivity index (χ1n) is 6.29. The summed E-state index contributed by atoms with van der Waals surface area (Å²) in [6, 6.07) is 4.74. The Morgan fingerprint density at radius 1 is 1.52 bits per heavy atom. The zero-order chi connectivity index (χ0) is 15.0. The van der Waals surface area contributed by atoms with Crippen LogP contribution in [-0.4, -0.2) is 27.5 Å². The van der Waals surface area contributed by atoms with Crippen LogP contribution in [0.5, 0.6) is 0 Å². The summed E-state index contributed by atoms with van der Waals surface area (Å²) in [6.45, 7) is 0.602. The van der Waals surface area contributed by atoms with Crippen LogP contribution in [0.4, 0.5) is 11.4 Å². The number of aromatic carboxylic acids is 1. The van der Waals surface area contributed by atoms with Crippen LogP contribution in [0.2, 0.25) is 0 Å². The van der Waals surface area contributed by atoms with Crippen molar-refractivity contribution in [3.8, 4) is 0 Å². The fourth-order valence-corrected chi connectivity index (χ4v) is 2.93. The molecule has 0 aliphatic heterocycles. The minimum atomic E-state index is -0.981. The van der Waals surface area contributed by atoms with E-state index in [-0.39, 0.29) is 5.56 Å². The summed E-state index contributed by atoms with van der Waals surface area (Å²) in [5.74, 6) is -0.981. The number of hydrogen-bond acceptors (Lipinski definition) is 5. The maximum atomic E-state index is 10.9. The van der Waals surface area contributed by atoms with Gasteiger partial charge in [0.1, 0.15) is 0 Å². The summed E-state index contributed by atoms with van der Waals surface area (Å²) in [5, 5.41) is 10.9. The van der Waals surface area contributed by atoms with Crippen LogP contribution in [0, 0.1) is 0 Å². The maximum absolute atomic E-state index is 10.9. The molecule has 0 amide bonds. The first-order valence-corrected chi connectivity index (χ1v) is 7.17. The molecule has 0 unspecified atom stereocenters. The molecule has 6 nitrogen and oxygen atoms in total. The van der Waals surface area contributed by atoms with Crippen molar-refractivity contribution in [3.05, 3.63) is 47.2 Å². The molecule has 21 heavy (non-hydrogen) atoms. The largest absolute Gasteiger partial charge is 0.478 e. The number of benzene rings is 1. The number of carbonyl (C=O) groups is 1. The quantitative estimate of drug-likeness (QED) is 0.723. The van der Waals surface area contributed by atoms with Gasteiger partial charge in [0.2, 0.25) is 0 Å². The number of carboxylic acids is 1. The lowest BCUT2D eigenvalue weighted by atomic mass is 10.1. The number of hydrogen-bond donors (Lipinski definition) is 2. The SMILES string of the molecule is CN(Cc1cn2ccsc2n1)c1ccc(C(=O)O)cc1N. The molecule has 2 heterocycles. The highest BCUT2D eigenvalue weighted by Gasteiger charge is 2.11. The van der Waals surface area contributed by atoms with Crippen LogP contribution < -0.4 is 10.6 Å². The predicted molar refractivity (Wildman–Crippen MR) is 83.0 cm³/mol. The Balaban J connectivity index is 1.83. The molecule has 0 saturated heterocycles. The molecule has 2 aromatic heterocycles. The third kappa shape index (κ3) is 2.55. The number of nitrogens with two attached hydrogens (primary N) is 1. The molecule has 0 fully saturated rings. The van der Waals surface area contributed by atoms with Crippen LogP contribution >= 0.6 is 11.3 Å².